The zero-order chi connectivity index (χ0) is 19.0. The molecule has 1 atom stereocenters. The Morgan fingerprint density at radius 2 is 2.00 bits per heavy atom. The summed E-state index contributed by atoms with van der Waals surface area (Å²) in [6.45, 7) is 8.25. The number of ether oxygens (including phenoxy) is 1. The van der Waals surface area contributed by atoms with Crippen molar-refractivity contribution in [3.05, 3.63) is 0 Å². The molecule has 1 aliphatic carbocycles. The van der Waals surface area contributed by atoms with Crippen LogP contribution in [0.15, 0.2) is 4.99 Å². The van der Waals surface area contributed by atoms with Crippen molar-refractivity contribution in [1.29, 1.82) is 0 Å². The van der Waals surface area contributed by atoms with Crippen molar-refractivity contribution < 1.29 is 9.53 Å². The van der Waals surface area contributed by atoms with E-state index in [0.29, 0.717) is 17.3 Å². The van der Waals surface area contributed by atoms with E-state index in [-0.39, 0.29) is 12.5 Å². The summed E-state index contributed by atoms with van der Waals surface area (Å²) in [4.78, 5) is 18.0. The summed E-state index contributed by atoms with van der Waals surface area (Å²) in [5.74, 6) is 2.02. The van der Waals surface area contributed by atoms with Gasteiger partial charge < -0.3 is 20.3 Å². The number of guanidine groups is 1. The normalized spacial score (nSPS) is 22.7. The van der Waals surface area contributed by atoms with E-state index in [1.807, 2.05) is 0 Å². The number of nitrogens with zero attached hydrogens (tertiary/aromatic N) is 2. The molecule has 2 aliphatic rings. The fourth-order valence-electron chi connectivity index (χ4n) is 4.16. The topological polar surface area (TPSA) is 66.0 Å². The zero-order valence-electron chi connectivity index (χ0n) is 17.1. The molecule has 0 bridgehead atoms. The molecule has 0 aromatic heterocycles. The van der Waals surface area contributed by atoms with E-state index in [1.54, 1.807) is 19.0 Å². The molecule has 150 valence electrons. The van der Waals surface area contributed by atoms with Crippen LogP contribution in [0, 0.1) is 17.3 Å². The number of hydrogen-bond acceptors (Lipinski definition) is 3. The largest absolute Gasteiger partial charge is 0.381 e. The highest BCUT2D eigenvalue weighted by Gasteiger charge is 2.34. The fourth-order valence-corrected chi connectivity index (χ4v) is 4.16. The van der Waals surface area contributed by atoms with E-state index in [4.69, 9.17) is 4.74 Å². The molecule has 1 amide bonds. The number of carbonyl (C=O) groups excluding carboxylic acids is 1. The number of likely N-dealkylation sites (N-methyl/N-ethyl adjacent to an activating group) is 1. The average molecular weight is 367 g/mol. The van der Waals surface area contributed by atoms with Crippen LogP contribution < -0.4 is 10.6 Å². The van der Waals surface area contributed by atoms with Crippen LogP contribution in [0.25, 0.3) is 0 Å². The monoisotopic (exact) mass is 366 g/mol. The van der Waals surface area contributed by atoms with Gasteiger partial charge in [0.05, 0.1) is 6.61 Å². The molecule has 0 aromatic carbocycles. The van der Waals surface area contributed by atoms with Crippen LogP contribution in [-0.2, 0) is 9.53 Å². The van der Waals surface area contributed by atoms with Crippen LogP contribution in [-0.4, -0.2) is 63.7 Å². The molecular formula is C20H38N4O2. The van der Waals surface area contributed by atoms with Gasteiger partial charge in [-0.3, -0.25) is 4.79 Å². The Hall–Kier alpha value is -1.30. The van der Waals surface area contributed by atoms with Crippen LogP contribution in [0.4, 0.5) is 0 Å². The fraction of sp³-hybridized carbons (Fsp3) is 0.900. The predicted molar refractivity (Wildman–Crippen MR) is 106 cm³/mol. The molecule has 0 aromatic rings. The number of hydrogen-bond donors (Lipinski definition) is 2. The second-order valence-electron chi connectivity index (χ2n) is 8.72. The van der Waals surface area contributed by atoms with E-state index < -0.39 is 0 Å². The van der Waals surface area contributed by atoms with Gasteiger partial charge in [0, 0.05) is 39.7 Å². The van der Waals surface area contributed by atoms with Crippen molar-refractivity contribution >= 4 is 11.9 Å². The van der Waals surface area contributed by atoms with Crippen molar-refractivity contribution in [3.8, 4) is 0 Å². The number of nitrogens with one attached hydrogen (secondary N) is 2. The molecule has 2 fully saturated rings. The van der Waals surface area contributed by atoms with Gasteiger partial charge in [-0.15, -0.1) is 0 Å². The first-order valence-corrected chi connectivity index (χ1v) is 10.2. The van der Waals surface area contributed by atoms with Gasteiger partial charge in [0.1, 0.15) is 6.54 Å². The summed E-state index contributed by atoms with van der Waals surface area (Å²) in [6.07, 6.45) is 7.57. The van der Waals surface area contributed by atoms with E-state index in [0.717, 1.165) is 38.7 Å². The van der Waals surface area contributed by atoms with Crippen LogP contribution in [0.1, 0.15) is 52.4 Å². The minimum Gasteiger partial charge on any atom is -0.381 e. The number of aliphatic imine (C=N–C) groups is 1. The third-order valence-corrected chi connectivity index (χ3v) is 5.59. The van der Waals surface area contributed by atoms with E-state index >= 15 is 0 Å². The highest BCUT2D eigenvalue weighted by Crippen LogP contribution is 2.42. The molecule has 1 aliphatic heterocycles. The Morgan fingerprint density at radius 1 is 1.27 bits per heavy atom. The Labute approximate surface area is 159 Å². The summed E-state index contributed by atoms with van der Waals surface area (Å²) < 4.78 is 5.46. The van der Waals surface area contributed by atoms with Crippen LogP contribution >= 0.6 is 0 Å². The summed E-state index contributed by atoms with van der Waals surface area (Å²) >= 11 is 0. The first-order valence-electron chi connectivity index (χ1n) is 10.2. The van der Waals surface area contributed by atoms with Gasteiger partial charge in [0.2, 0.25) is 5.91 Å². The molecule has 6 nitrogen and oxygen atoms in total. The van der Waals surface area contributed by atoms with Gasteiger partial charge in [0.15, 0.2) is 5.96 Å². The van der Waals surface area contributed by atoms with E-state index in [9.17, 15) is 4.79 Å². The lowest BCUT2D eigenvalue weighted by molar-refractivity contribution is -0.127. The van der Waals surface area contributed by atoms with Crippen molar-refractivity contribution in [2.24, 2.45) is 22.2 Å². The second kappa shape index (κ2) is 10.1. The van der Waals surface area contributed by atoms with Gasteiger partial charge >= 0.3 is 0 Å². The molecule has 0 spiro atoms. The maximum atomic E-state index is 11.9. The molecule has 6 heteroatoms. The third kappa shape index (κ3) is 6.78. The van der Waals surface area contributed by atoms with Crippen molar-refractivity contribution in [2.75, 3.05) is 46.9 Å². The smallest absolute Gasteiger partial charge is 0.243 e. The lowest BCUT2D eigenvalue weighted by Crippen LogP contribution is -2.45. The summed E-state index contributed by atoms with van der Waals surface area (Å²) in [7, 11) is 3.54. The molecule has 1 saturated heterocycles. The maximum Gasteiger partial charge on any atom is 0.243 e. The average Bonchev–Trinajstić information content (AvgIpc) is 3.25. The third-order valence-electron chi connectivity index (χ3n) is 5.59. The predicted octanol–water partition coefficient (Wildman–Crippen LogP) is 2.25. The SMILES string of the molecule is CC(C)CC1(CNC(=NCC(=O)N(C)C)NCC2CCOC2)CCCC1. The first-order chi connectivity index (χ1) is 12.4. The number of amides is 1. The number of rotatable bonds is 8. The van der Waals surface area contributed by atoms with Crippen molar-refractivity contribution in [3.63, 3.8) is 0 Å². The summed E-state index contributed by atoms with van der Waals surface area (Å²) in [5.41, 5.74) is 0.374. The van der Waals surface area contributed by atoms with Gasteiger partial charge in [-0.05, 0) is 37.0 Å². The van der Waals surface area contributed by atoms with Crippen molar-refractivity contribution in [1.82, 2.24) is 15.5 Å². The van der Waals surface area contributed by atoms with Gasteiger partial charge in [-0.1, -0.05) is 26.7 Å². The van der Waals surface area contributed by atoms with Crippen LogP contribution in [0.2, 0.25) is 0 Å². The van der Waals surface area contributed by atoms with E-state index in [2.05, 4.69) is 29.5 Å². The minimum atomic E-state index is 0.0214. The molecule has 26 heavy (non-hydrogen) atoms. The van der Waals surface area contributed by atoms with Crippen LogP contribution in [0.5, 0.6) is 0 Å². The summed E-state index contributed by atoms with van der Waals surface area (Å²) in [5, 5.41) is 6.99. The molecule has 1 unspecified atom stereocenters. The lowest BCUT2D eigenvalue weighted by Gasteiger charge is -2.32. The molecule has 1 heterocycles. The quantitative estimate of drug-likeness (QED) is 0.511. The zero-order valence-corrected chi connectivity index (χ0v) is 17.1. The Bertz CT molecular complexity index is 464. The highest BCUT2D eigenvalue weighted by molar-refractivity contribution is 5.84. The van der Waals surface area contributed by atoms with Crippen LogP contribution in [0.3, 0.4) is 0 Å². The molecule has 2 rings (SSSR count). The highest BCUT2D eigenvalue weighted by atomic mass is 16.5. The van der Waals surface area contributed by atoms with E-state index in [1.165, 1.54) is 32.1 Å². The van der Waals surface area contributed by atoms with Gasteiger partial charge in [-0.2, -0.15) is 0 Å². The molecular weight excluding hydrogens is 328 g/mol. The minimum absolute atomic E-state index is 0.0214. The summed E-state index contributed by atoms with van der Waals surface area (Å²) in [6, 6.07) is 0. The van der Waals surface area contributed by atoms with Gasteiger partial charge in [-0.25, -0.2) is 4.99 Å². The standard InChI is InChI=1S/C20H38N4O2/c1-16(2)11-20(8-5-6-9-20)15-23-19(22-13-18(25)24(3)4)21-12-17-7-10-26-14-17/h16-17H,5-15H2,1-4H3,(H2,21,22,23). The second-order valence-corrected chi connectivity index (χ2v) is 8.72. The molecule has 0 radical (unpaired) electrons. The number of carbonyl (C=O) groups is 1. The van der Waals surface area contributed by atoms with Gasteiger partial charge in [0.25, 0.3) is 0 Å². The Morgan fingerprint density at radius 3 is 2.58 bits per heavy atom. The van der Waals surface area contributed by atoms with Crippen molar-refractivity contribution in [2.45, 2.75) is 52.4 Å². The molecule has 1 saturated carbocycles. The Balaban J connectivity index is 1.94. The Kier molecular flexibility index (Phi) is 8.19. The molecule has 2 N–H and O–H groups in total. The lowest BCUT2D eigenvalue weighted by atomic mass is 9.78. The maximum absolute atomic E-state index is 11.9. The first kappa shape index (κ1) is 21.0.